The maximum absolute atomic E-state index is 11.4. The first-order valence-corrected chi connectivity index (χ1v) is 5.06. The number of rotatable bonds is 4. The summed E-state index contributed by atoms with van der Waals surface area (Å²) in [6.45, 7) is 2.37. The summed E-state index contributed by atoms with van der Waals surface area (Å²) in [7, 11) is 0. The normalized spacial score (nSPS) is 12.5. The molecule has 5 heteroatoms. The van der Waals surface area contributed by atoms with Gasteiger partial charge in [-0.1, -0.05) is 6.92 Å². The van der Waals surface area contributed by atoms with Crippen LogP contribution in [0.5, 0.6) is 0 Å². The summed E-state index contributed by atoms with van der Waals surface area (Å²) in [5, 5.41) is 11.4. The Kier molecular flexibility index (Phi) is 4.16. The van der Waals surface area contributed by atoms with Gasteiger partial charge in [-0.05, 0) is 21.8 Å². The number of aliphatic hydroxyl groups is 1. The first-order chi connectivity index (χ1) is 6.63. The maximum atomic E-state index is 11.4. The molecule has 1 unspecified atom stereocenters. The molecule has 0 saturated carbocycles. The highest BCUT2D eigenvalue weighted by atomic mass is 79.9. The minimum absolute atomic E-state index is 0.0642. The van der Waals surface area contributed by atoms with Gasteiger partial charge in [-0.3, -0.25) is 4.79 Å². The van der Waals surface area contributed by atoms with Crippen molar-refractivity contribution in [3.63, 3.8) is 0 Å². The van der Waals surface area contributed by atoms with Crippen molar-refractivity contribution in [1.82, 2.24) is 5.32 Å². The summed E-state index contributed by atoms with van der Waals surface area (Å²) < 4.78 is 5.45. The summed E-state index contributed by atoms with van der Waals surface area (Å²) >= 11 is 3.11. The predicted octanol–water partition coefficient (Wildman–Crippen LogP) is 1.40. The molecule has 14 heavy (non-hydrogen) atoms. The highest BCUT2D eigenvalue weighted by Crippen LogP contribution is 2.13. The van der Waals surface area contributed by atoms with Gasteiger partial charge in [0.15, 0.2) is 4.67 Å². The lowest BCUT2D eigenvalue weighted by molar-refractivity contribution is 0.0941. The lowest BCUT2D eigenvalue weighted by atomic mass is 10.2. The molecular formula is C9H12BrNO3. The SMILES string of the molecule is CC(CO)CNC(=O)c1coc(Br)c1. The third kappa shape index (κ3) is 3.16. The lowest BCUT2D eigenvalue weighted by Crippen LogP contribution is -2.29. The number of carbonyl (C=O) groups is 1. The molecule has 0 bridgehead atoms. The molecule has 1 heterocycles. The summed E-state index contributed by atoms with van der Waals surface area (Å²) in [6.07, 6.45) is 1.38. The Labute approximate surface area is 90.4 Å². The molecule has 0 fully saturated rings. The fourth-order valence-electron chi connectivity index (χ4n) is 0.863. The van der Waals surface area contributed by atoms with E-state index < -0.39 is 0 Å². The van der Waals surface area contributed by atoms with E-state index in [2.05, 4.69) is 21.2 Å². The average Bonchev–Trinajstić information content (AvgIpc) is 2.60. The minimum atomic E-state index is -0.195. The number of furan rings is 1. The molecule has 4 nitrogen and oxygen atoms in total. The number of aliphatic hydroxyl groups excluding tert-OH is 1. The van der Waals surface area contributed by atoms with Gasteiger partial charge in [0.25, 0.3) is 5.91 Å². The number of carbonyl (C=O) groups excluding carboxylic acids is 1. The highest BCUT2D eigenvalue weighted by Gasteiger charge is 2.09. The number of halogens is 1. The van der Waals surface area contributed by atoms with Gasteiger partial charge >= 0.3 is 0 Å². The van der Waals surface area contributed by atoms with Crippen molar-refractivity contribution in [2.45, 2.75) is 6.92 Å². The molecular weight excluding hydrogens is 250 g/mol. The molecule has 0 aliphatic carbocycles. The predicted molar refractivity (Wildman–Crippen MR) is 55.0 cm³/mol. The standard InChI is InChI=1S/C9H12BrNO3/c1-6(4-12)3-11-9(13)7-2-8(10)14-5-7/h2,5-6,12H,3-4H2,1H3,(H,11,13). The van der Waals surface area contributed by atoms with Crippen molar-refractivity contribution in [3.05, 3.63) is 22.6 Å². The Bertz CT molecular complexity index is 311. The van der Waals surface area contributed by atoms with Crippen LogP contribution in [-0.4, -0.2) is 24.2 Å². The van der Waals surface area contributed by atoms with Crippen LogP contribution in [0.25, 0.3) is 0 Å². The van der Waals surface area contributed by atoms with Gasteiger partial charge in [-0.2, -0.15) is 0 Å². The number of amides is 1. The fourth-order valence-corrected chi connectivity index (χ4v) is 1.20. The van der Waals surface area contributed by atoms with E-state index in [1.807, 2.05) is 6.92 Å². The topological polar surface area (TPSA) is 62.5 Å². The van der Waals surface area contributed by atoms with E-state index in [-0.39, 0.29) is 18.4 Å². The van der Waals surface area contributed by atoms with E-state index in [9.17, 15) is 4.79 Å². The molecule has 1 aromatic rings. The Balaban J connectivity index is 2.43. The number of hydrogen-bond donors (Lipinski definition) is 2. The summed E-state index contributed by atoms with van der Waals surface area (Å²) in [4.78, 5) is 11.4. The van der Waals surface area contributed by atoms with Gasteiger partial charge in [0.1, 0.15) is 6.26 Å². The zero-order valence-electron chi connectivity index (χ0n) is 7.79. The summed E-state index contributed by atoms with van der Waals surface area (Å²) in [5.74, 6) is -0.131. The number of hydrogen-bond acceptors (Lipinski definition) is 3. The Morgan fingerprint density at radius 2 is 2.50 bits per heavy atom. The average molecular weight is 262 g/mol. The zero-order valence-corrected chi connectivity index (χ0v) is 9.37. The second-order valence-electron chi connectivity index (χ2n) is 3.14. The molecule has 0 radical (unpaired) electrons. The van der Waals surface area contributed by atoms with Crippen LogP contribution in [0, 0.1) is 5.92 Å². The summed E-state index contributed by atoms with van der Waals surface area (Å²) in [6, 6.07) is 1.60. The van der Waals surface area contributed by atoms with E-state index in [1.54, 1.807) is 6.07 Å². The van der Waals surface area contributed by atoms with Crippen LogP contribution in [0.15, 0.2) is 21.4 Å². The Morgan fingerprint density at radius 1 is 1.79 bits per heavy atom. The molecule has 78 valence electrons. The molecule has 0 aliphatic rings. The molecule has 1 atom stereocenters. The summed E-state index contributed by atoms with van der Waals surface area (Å²) in [5.41, 5.74) is 0.474. The van der Waals surface area contributed by atoms with E-state index >= 15 is 0 Å². The molecule has 0 aromatic carbocycles. The van der Waals surface area contributed by atoms with Gasteiger partial charge in [0.05, 0.1) is 5.56 Å². The molecule has 1 rings (SSSR count). The lowest BCUT2D eigenvalue weighted by Gasteiger charge is -2.07. The van der Waals surface area contributed by atoms with Crippen molar-refractivity contribution in [3.8, 4) is 0 Å². The van der Waals surface area contributed by atoms with Crippen LogP contribution < -0.4 is 5.32 Å². The quantitative estimate of drug-likeness (QED) is 0.862. The largest absolute Gasteiger partial charge is 0.457 e. The van der Waals surface area contributed by atoms with E-state index in [1.165, 1.54) is 6.26 Å². The maximum Gasteiger partial charge on any atom is 0.254 e. The third-order valence-corrected chi connectivity index (χ3v) is 2.17. The van der Waals surface area contributed by atoms with Gasteiger partial charge in [0.2, 0.25) is 0 Å². The minimum Gasteiger partial charge on any atom is -0.457 e. The molecule has 2 N–H and O–H groups in total. The van der Waals surface area contributed by atoms with Crippen LogP contribution in [0.4, 0.5) is 0 Å². The van der Waals surface area contributed by atoms with E-state index in [4.69, 9.17) is 9.52 Å². The van der Waals surface area contributed by atoms with Gasteiger partial charge in [0, 0.05) is 19.2 Å². The van der Waals surface area contributed by atoms with E-state index in [0.717, 1.165) is 0 Å². The molecule has 0 spiro atoms. The molecule has 0 saturated heterocycles. The second kappa shape index (κ2) is 5.17. The van der Waals surface area contributed by atoms with Crippen molar-refractivity contribution < 1.29 is 14.3 Å². The van der Waals surface area contributed by atoms with Crippen molar-refractivity contribution in [2.24, 2.45) is 5.92 Å². The molecule has 1 amide bonds. The molecule has 0 aliphatic heterocycles. The molecule has 1 aromatic heterocycles. The van der Waals surface area contributed by atoms with Crippen molar-refractivity contribution in [1.29, 1.82) is 0 Å². The Hall–Kier alpha value is -0.810. The van der Waals surface area contributed by atoms with Crippen molar-refractivity contribution in [2.75, 3.05) is 13.2 Å². The van der Waals surface area contributed by atoms with Crippen LogP contribution in [0.1, 0.15) is 17.3 Å². The van der Waals surface area contributed by atoms with Gasteiger partial charge < -0.3 is 14.8 Å². The van der Waals surface area contributed by atoms with Gasteiger partial charge in [-0.25, -0.2) is 0 Å². The number of nitrogens with one attached hydrogen (secondary N) is 1. The third-order valence-electron chi connectivity index (χ3n) is 1.75. The van der Waals surface area contributed by atoms with Crippen LogP contribution >= 0.6 is 15.9 Å². The first kappa shape index (κ1) is 11.3. The van der Waals surface area contributed by atoms with Crippen LogP contribution in [0.3, 0.4) is 0 Å². The van der Waals surface area contributed by atoms with Crippen LogP contribution in [-0.2, 0) is 0 Å². The highest BCUT2D eigenvalue weighted by molar-refractivity contribution is 9.10. The van der Waals surface area contributed by atoms with Crippen molar-refractivity contribution >= 4 is 21.8 Å². The van der Waals surface area contributed by atoms with Crippen LogP contribution in [0.2, 0.25) is 0 Å². The fraction of sp³-hybridized carbons (Fsp3) is 0.444. The Morgan fingerprint density at radius 3 is 3.00 bits per heavy atom. The first-order valence-electron chi connectivity index (χ1n) is 4.26. The van der Waals surface area contributed by atoms with Gasteiger partial charge in [-0.15, -0.1) is 0 Å². The van der Waals surface area contributed by atoms with E-state index in [0.29, 0.717) is 16.8 Å². The monoisotopic (exact) mass is 261 g/mol. The second-order valence-corrected chi connectivity index (χ2v) is 3.92. The smallest absolute Gasteiger partial charge is 0.254 e. The zero-order chi connectivity index (χ0) is 10.6.